The van der Waals surface area contributed by atoms with Crippen molar-refractivity contribution in [2.24, 2.45) is 0 Å². The molecule has 0 spiro atoms. The van der Waals surface area contributed by atoms with E-state index in [-0.39, 0.29) is 11.7 Å². The lowest BCUT2D eigenvalue weighted by atomic mass is 10.0. The third kappa shape index (κ3) is 3.70. The summed E-state index contributed by atoms with van der Waals surface area (Å²) < 4.78 is 40.4. The number of pyridine rings is 1. The van der Waals surface area contributed by atoms with Crippen LogP contribution in [0, 0.1) is 20.8 Å². The highest BCUT2D eigenvalue weighted by atomic mass is 19.4. The van der Waals surface area contributed by atoms with Gasteiger partial charge in [-0.15, -0.1) is 15.3 Å². The summed E-state index contributed by atoms with van der Waals surface area (Å²) in [6, 6.07) is 4.16. The molecule has 4 heterocycles. The van der Waals surface area contributed by atoms with Crippen molar-refractivity contribution < 1.29 is 13.2 Å². The lowest BCUT2D eigenvalue weighted by molar-refractivity contribution is -0.146. The van der Waals surface area contributed by atoms with Crippen LogP contribution in [0.4, 0.5) is 24.8 Å². The molecule has 0 unspecified atom stereocenters. The molecular weight excluding hydrogens is 383 g/mol. The van der Waals surface area contributed by atoms with Crippen LogP contribution in [0.3, 0.4) is 0 Å². The molecule has 0 radical (unpaired) electrons. The summed E-state index contributed by atoms with van der Waals surface area (Å²) in [5.41, 5.74) is 2.65. The highest BCUT2D eigenvalue weighted by molar-refractivity contribution is 5.58. The smallest absolute Gasteiger partial charge is 0.366 e. The van der Waals surface area contributed by atoms with E-state index in [1.165, 1.54) is 0 Å². The topological polar surface area (TPSA) is 71.2 Å². The van der Waals surface area contributed by atoms with E-state index in [9.17, 15) is 13.2 Å². The van der Waals surface area contributed by atoms with Gasteiger partial charge >= 0.3 is 6.18 Å². The number of alkyl halides is 3. The number of anilines is 2. The number of halogens is 3. The molecule has 1 fully saturated rings. The maximum Gasteiger partial charge on any atom is 0.453 e. The zero-order chi connectivity index (χ0) is 20.8. The van der Waals surface area contributed by atoms with Crippen LogP contribution in [0.1, 0.15) is 35.4 Å². The van der Waals surface area contributed by atoms with Crippen molar-refractivity contribution in [3.05, 3.63) is 40.8 Å². The molecule has 0 bridgehead atoms. The summed E-state index contributed by atoms with van der Waals surface area (Å²) in [6.45, 7) is 7.19. The van der Waals surface area contributed by atoms with Crippen molar-refractivity contribution in [3.8, 4) is 0 Å². The summed E-state index contributed by atoms with van der Waals surface area (Å²) in [4.78, 5) is 6.68. The van der Waals surface area contributed by atoms with Gasteiger partial charge in [-0.2, -0.15) is 17.7 Å². The Balaban J connectivity index is 1.52. The van der Waals surface area contributed by atoms with Gasteiger partial charge in [0.15, 0.2) is 11.5 Å². The molecule has 4 rings (SSSR count). The number of aryl methyl sites for hydroxylation is 2. The SMILES string of the molecule is Cc1ccc(N2CCC(Nc3nn4c(C(F)(F)F)nnc4c(C)c3C)CC2)nc1. The van der Waals surface area contributed by atoms with Gasteiger partial charge in [-0.1, -0.05) is 6.07 Å². The molecule has 1 N–H and O–H groups in total. The molecular formula is C19H22F3N7. The van der Waals surface area contributed by atoms with Gasteiger partial charge < -0.3 is 10.2 Å². The Morgan fingerprint density at radius 3 is 2.38 bits per heavy atom. The number of rotatable bonds is 3. The van der Waals surface area contributed by atoms with E-state index in [0.717, 1.165) is 47.4 Å². The number of hydrogen-bond donors (Lipinski definition) is 1. The van der Waals surface area contributed by atoms with E-state index in [1.807, 2.05) is 32.2 Å². The van der Waals surface area contributed by atoms with Gasteiger partial charge in [0.05, 0.1) is 0 Å². The van der Waals surface area contributed by atoms with Crippen LogP contribution >= 0.6 is 0 Å². The van der Waals surface area contributed by atoms with Gasteiger partial charge in [0.2, 0.25) is 0 Å². The second kappa shape index (κ2) is 7.16. The molecule has 0 amide bonds. The standard InChI is InChI=1S/C19H22F3N7/c1-11-4-5-15(23-10-11)28-8-6-14(7-9-28)24-16-12(2)13(3)17-25-26-18(19(20,21)22)29(17)27-16/h4-5,10,14H,6-9H2,1-3H3,(H,24,27). The Bertz CT molecular complexity index is 1020. The Labute approximate surface area is 166 Å². The van der Waals surface area contributed by atoms with E-state index in [2.05, 4.69) is 30.5 Å². The number of aromatic nitrogens is 5. The monoisotopic (exact) mass is 405 g/mol. The normalized spacial score (nSPS) is 15.9. The van der Waals surface area contributed by atoms with Crippen molar-refractivity contribution >= 4 is 17.3 Å². The molecule has 3 aromatic heterocycles. The summed E-state index contributed by atoms with van der Waals surface area (Å²) in [7, 11) is 0. The Morgan fingerprint density at radius 1 is 1.03 bits per heavy atom. The molecule has 154 valence electrons. The lowest BCUT2D eigenvalue weighted by Crippen LogP contribution is -2.39. The summed E-state index contributed by atoms with van der Waals surface area (Å²) in [6.07, 6.45) is -1.09. The van der Waals surface area contributed by atoms with Gasteiger partial charge in [-0.3, -0.25) is 0 Å². The number of hydrogen-bond acceptors (Lipinski definition) is 6. The zero-order valence-corrected chi connectivity index (χ0v) is 16.5. The minimum Gasteiger partial charge on any atom is -0.366 e. The minimum atomic E-state index is -4.61. The second-order valence-electron chi connectivity index (χ2n) is 7.45. The fourth-order valence-corrected chi connectivity index (χ4v) is 3.54. The molecule has 1 saturated heterocycles. The molecule has 29 heavy (non-hydrogen) atoms. The van der Waals surface area contributed by atoms with Gasteiger partial charge in [0.25, 0.3) is 5.82 Å². The van der Waals surface area contributed by atoms with Gasteiger partial charge in [0.1, 0.15) is 5.82 Å². The fraction of sp³-hybridized carbons (Fsp3) is 0.474. The first-order chi connectivity index (χ1) is 13.7. The van der Waals surface area contributed by atoms with Crippen LogP contribution < -0.4 is 10.2 Å². The van der Waals surface area contributed by atoms with E-state index in [1.54, 1.807) is 6.92 Å². The van der Waals surface area contributed by atoms with Crippen molar-refractivity contribution in [1.82, 2.24) is 24.8 Å². The average molecular weight is 405 g/mol. The third-order valence-electron chi connectivity index (χ3n) is 5.40. The predicted octanol–water partition coefficient (Wildman–Crippen LogP) is 3.54. The van der Waals surface area contributed by atoms with E-state index >= 15 is 0 Å². The first-order valence-electron chi connectivity index (χ1n) is 9.48. The average Bonchev–Trinajstić information content (AvgIpc) is 3.12. The number of nitrogens with zero attached hydrogens (tertiary/aromatic N) is 6. The number of fused-ring (bicyclic) bond motifs is 1. The predicted molar refractivity (Wildman–Crippen MR) is 103 cm³/mol. The van der Waals surface area contributed by atoms with Crippen LogP contribution in [0.5, 0.6) is 0 Å². The molecule has 1 aliphatic rings. The molecule has 7 nitrogen and oxygen atoms in total. The van der Waals surface area contributed by atoms with Crippen molar-refractivity contribution in [3.63, 3.8) is 0 Å². The molecule has 0 aromatic carbocycles. The zero-order valence-electron chi connectivity index (χ0n) is 16.5. The van der Waals surface area contributed by atoms with Gasteiger partial charge in [-0.25, -0.2) is 4.98 Å². The van der Waals surface area contributed by atoms with Crippen LogP contribution in [0.25, 0.3) is 5.65 Å². The highest BCUT2D eigenvalue weighted by Gasteiger charge is 2.38. The van der Waals surface area contributed by atoms with Crippen molar-refractivity contribution in [2.75, 3.05) is 23.3 Å². The van der Waals surface area contributed by atoms with E-state index in [0.29, 0.717) is 11.4 Å². The first-order valence-corrected chi connectivity index (χ1v) is 9.48. The van der Waals surface area contributed by atoms with Crippen molar-refractivity contribution in [2.45, 2.75) is 45.8 Å². The van der Waals surface area contributed by atoms with Crippen LogP contribution in [-0.4, -0.2) is 43.9 Å². The minimum absolute atomic E-state index is 0.116. The first kappa shape index (κ1) is 19.4. The molecule has 0 atom stereocenters. The summed E-state index contributed by atoms with van der Waals surface area (Å²) in [5.74, 6) is 0.269. The molecule has 3 aromatic rings. The maximum atomic E-state index is 13.2. The largest absolute Gasteiger partial charge is 0.453 e. The van der Waals surface area contributed by atoms with E-state index in [4.69, 9.17) is 0 Å². The number of nitrogens with one attached hydrogen (secondary N) is 1. The lowest BCUT2D eigenvalue weighted by Gasteiger charge is -2.33. The fourth-order valence-electron chi connectivity index (χ4n) is 3.54. The van der Waals surface area contributed by atoms with Crippen molar-refractivity contribution in [1.29, 1.82) is 0 Å². The van der Waals surface area contributed by atoms with Gasteiger partial charge in [0, 0.05) is 30.9 Å². The van der Waals surface area contributed by atoms with Gasteiger partial charge in [-0.05, 0) is 50.8 Å². The quantitative estimate of drug-likeness (QED) is 0.719. The summed E-state index contributed by atoms with van der Waals surface area (Å²) >= 11 is 0. The Hall–Kier alpha value is -2.91. The Morgan fingerprint density at radius 2 is 1.76 bits per heavy atom. The molecule has 0 saturated carbocycles. The van der Waals surface area contributed by atoms with Crippen LogP contribution in [0.15, 0.2) is 18.3 Å². The Kier molecular flexibility index (Phi) is 4.79. The van der Waals surface area contributed by atoms with Crippen LogP contribution in [-0.2, 0) is 6.18 Å². The maximum absolute atomic E-state index is 13.2. The van der Waals surface area contributed by atoms with Crippen LogP contribution in [0.2, 0.25) is 0 Å². The molecule has 1 aliphatic heterocycles. The third-order valence-corrected chi connectivity index (χ3v) is 5.40. The highest BCUT2D eigenvalue weighted by Crippen LogP contribution is 2.30. The second-order valence-corrected chi connectivity index (χ2v) is 7.45. The molecule has 10 heteroatoms. The molecule has 0 aliphatic carbocycles. The van der Waals surface area contributed by atoms with E-state index < -0.39 is 12.0 Å². The summed E-state index contributed by atoms with van der Waals surface area (Å²) in [5, 5.41) is 14.5. The number of piperidine rings is 1.